The van der Waals surface area contributed by atoms with Crippen LogP contribution in [-0.4, -0.2) is 16.8 Å². The number of carbonyl (C=O) groups excluding carboxylic acids is 1. The number of benzene rings is 2. The normalized spacial score (nSPS) is 17.3. The van der Waals surface area contributed by atoms with Gasteiger partial charge in [0, 0.05) is 22.5 Å². The van der Waals surface area contributed by atoms with Gasteiger partial charge in [-0.3, -0.25) is 4.79 Å². The molecule has 1 atom stereocenters. The summed E-state index contributed by atoms with van der Waals surface area (Å²) in [5.41, 5.74) is 1.72. The van der Waals surface area contributed by atoms with Crippen LogP contribution in [0.1, 0.15) is 24.3 Å². The Morgan fingerprint density at radius 1 is 1.19 bits per heavy atom. The van der Waals surface area contributed by atoms with Crippen LogP contribution in [0.15, 0.2) is 64.2 Å². The summed E-state index contributed by atoms with van der Waals surface area (Å²) in [6.45, 7) is 1.48. The summed E-state index contributed by atoms with van der Waals surface area (Å²) in [5.74, 6) is 0.286. The molecule has 4 nitrogen and oxygen atoms in total. The number of amides is 1. The van der Waals surface area contributed by atoms with Crippen LogP contribution in [0.2, 0.25) is 0 Å². The number of hydrogen-bond acceptors (Lipinski definition) is 3. The Hall–Kier alpha value is -2.14. The maximum Gasteiger partial charge on any atom is 0.243 e. The highest BCUT2D eigenvalue weighted by molar-refractivity contribution is 9.10. The molecule has 0 saturated carbocycles. The lowest BCUT2D eigenvalue weighted by Crippen LogP contribution is -2.25. The molecular weight excluding hydrogens is 332 g/mol. The van der Waals surface area contributed by atoms with Crippen LogP contribution < -0.4 is 0 Å². The van der Waals surface area contributed by atoms with E-state index in [4.69, 9.17) is 4.74 Å². The van der Waals surface area contributed by atoms with Gasteiger partial charge >= 0.3 is 0 Å². The summed E-state index contributed by atoms with van der Waals surface area (Å²) in [5, 5.41) is 5.68. The van der Waals surface area contributed by atoms with Gasteiger partial charge in [0.25, 0.3) is 0 Å². The van der Waals surface area contributed by atoms with Crippen molar-refractivity contribution in [1.29, 1.82) is 0 Å². The maximum absolute atomic E-state index is 11.8. The number of nitrogens with zero attached hydrogens (tertiary/aromatic N) is 2. The molecule has 0 bridgehead atoms. The molecule has 21 heavy (non-hydrogen) atoms. The van der Waals surface area contributed by atoms with Crippen molar-refractivity contribution in [2.24, 2.45) is 5.10 Å². The smallest absolute Gasteiger partial charge is 0.243 e. The molecule has 2 aromatic carbocycles. The van der Waals surface area contributed by atoms with Gasteiger partial charge in [-0.25, -0.2) is 0 Å². The largest absolute Gasteiger partial charge is 0.446 e. The van der Waals surface area contributed by atoms with Crippen molar-refractivity contribution in [3.05, 3.63) is 70.2 Å². The van der Waals surface area contributed by atoms with Crippen molar-refractivity contribution < 1.29 is 9.53 Å². The molecule has 0 radical (unpaired) electrons. The minimum atomic E-state index is -0.516. The zero-order valence-corrected chi connectivity index (χ0v) is 12.9. The van der Waals surface area contributed by atoms with Crippen LogP contribution in [-0.2, 0) is 9.53 Å². The lowest BCUT2D eigenvalue weighted by Gasteiger charge is -2.19. The van der Waals surface area contributed by atoms with E-state index >= 15 is 0 Å². The van der Waals surface area contributed by atoms with E-state index in [1.165, 1.54) is 11.9 Å². The van der Waals surface area contributed by atoms with Crippen molar-refractivity contribution in [3.63, 3.8) is 0 Å². The Kier molecular flexibility index (Phi) is 3.75. The van der Waals surface area contributed by atoms with Crippen molar-refractivity contribution >= 4 is 27.7 Å². The molecule has 0 aromatic heterocycles. The molecule has 1 aliphatic heterocycles. The van der Waals surface area contributed by atoms with Gasteiger partial charge in [0.1, 0.15) is 0 Å². The molecule has 0 unspecified atom stereocenters. The monoisotopic (exact) mass is 344 g/mol. The molecule has 3 rings (SSSR count). The van der Waals surface area contributed by atoms with Crippen molar-refractivity contribution in [1.82, 2.24) is 5.01 Å². The zero-order chi connectivity index (χ0) is 14.8. The number of ether oxygens (including phenoxy) is 1. The van der Waals surface area contributed by atoms with Crippen molar-refractivity contribution in [3.8, 4) is 0 Å². The Morgan fingerprint density at radius 3 is 2.62 bits per heavy atom. The van der Waals surface area contributed by atoms with Crippen LogP contribution in [0.25, 0.3) is 0 Å². The number of hydrogen-bond donors (Lipinski definition) is 0. The summed E-state index contributed by atoms with van der Waals surface area (Å²) in [7, 11) is 0. The van der Waals surface area contributed by atoms with Gasteiger partial charge in [-0.05, 0) is 18.2 Å². The van der Waals surface area contributed by atoms with Gasteiger partial charge in [-0.1, -0.05) is 52.3 Å². The summed E-state index contributed by atoms with van der Waals surface area (Å²) < 4.78 is 6.83. The summed E-state index contributed by atoms with van der Waals surface area (Å²) in [6, 6.07) is 17.2. The highest BCUT2D eigenvalue weighted by Crippen LogP contribution is 2.30. The van der Waals surface area contributed by atoms with Crippen LogP contribution in [0.5, 0.6) is 0 Å². The molecule has 5 heteroatoms. The minimum absolute atomic E-state index is 0.158. The fourth-order valence-corrected chi connectivity index (χ4v) is 2.54. The predicted octanol–water partition coefficient (Wildman–Crippen LogP) is 3.69. The number of hydrazone groups is 1. The molecule has 1 heterocycles. The molecule has 1 amide bonds. The first-order valence-electron chi connectivity index (χ1n) is 6.51. The zero-order valence-electron chi connectivity index (χ0n) is 11.4. The molecule has 0 N–H and O–H groups in total. The Balaban J connectivity index is 1.95. The van der Waals surface area contributed by atoms with Gasteiger partial charge < -0.3 is 4.74 Å². The van der Waals surface area contributed by atoms with Crippen LogP contribution in [0, 0.1) is 0 Å². The SMILES string of the molecule is CC(=O)N1N=C(c2cccc(Br)c2)O[C@@H]1c1ccccc1. The van der Waals surface area contributed by atoms with E-state index in [0.29, 0.717) is 5.90 Å². The molecule has 2 aromatic rings. The fourth-order valence-electron chi connectivity index (χ4n) is 2.14. The minimum Gasteiger partial charge on any atom is -0.446 e. The topological polar surface area (TPSA) is 41.9 Å². The summed E-state index contributed by atoms with van der Waals surface area (Å²) in [4.78, 5) is 11.8. The molecule has 0 spiro atoms. The second kappa shape index (κ2) is 5.69. The maximum atomic E-state index is 11.8. The average Bonchev–Trinajstić information content (AvgIpc) is 2.93. The third-order valence-electron chi connectivity index (χ3n) is 3.12. The average molecular weight is 345 g/mol. The second-order valence-electron chi connectivity index (χ2n) is 4.66. The van der Waals surface area contributed by atoms with Gasteiger partial charge in [0.05, 0.1) is 0 Å². The lowest BCUT2D eigenvalue weighted by molar-refractivity contribution is -0.135. The van der Waals surface area contributed by atoms with E-state index in [-0.39, 0.29) is 5.91 Å². The van der Waals surface area contributed by atoms with E-state index in [0.717, 1.165) is 15.6 Å². The molecule has 0 fully saturated rings. The fraction of sp³-hybridized carbons (Fsp3) is 0.125. The predicted molar refractivity (Wildman–Crippen MR) is 83.5 cm³/mol. The summed E-state index contributed by atoms with van der Waals surface area (Å²) in [6.07, 6.45) is -0.516. The first-order valence-corrected chi connectivity index (χ1v) is 7.30. The first kappa shape index (κ1) is 13.8. The van der Waals surface area contributed by atoms with Crippen LogP contribution in [0.3, 0.4) is 0 Å². The third kappa shape index (κ3) is 2.83. The quantitative estimate of drug-likeness (QED) is 0.833. The molecule has 106 valence electrons. The third-order valence-corrected chi connectivity index (χ3v) is 3.62. The summed E-state index contributed by atoms with van der Waals surface area (Å²) >= 11 is 3.42. The number of carbonyl (C=O) groups is 1. The lowest BCUT2D eigenvalue weighted by atomic mass is 10.2. The Bertz CT molecular complexity index is 700. The van der Waals surface area contributed by atoms with Gasteiger partial charge in [0.15, 0.2) is 0 Å². The first-order chi connectivity index (χ1) is 10.1. The molecule has 0 aliphatic carbocycles. The van der Waals surface area contributed by atoms with E-state index < -0.39 is 6.23 Å². The standard InChI is InChI=1S/C16H13BrN2O2/c1-11(20)19-16(12-6-3-2-4-7-12)21-15(18-19)13-8-5-9-14(17)10-13/h2-10,16H,1H3/t16-/m1/s1. The van der Waals surface area contributed by atoms with Gasteiger partial charge in [0.2, 0.25) is 18.0 Å². The number of rotatable bonds is 2. The Morgan fingerprint density at radius 2 is 1.95 bits per heavy atom. The van der Waals surface area contributed by atoms with Crippen LogP contribution in [0.4, 0.5) is 0 Å². The molecule has 1 aliphatic rings. The van der Waals surface area contributed by atoms with Crippen LogP contribution >= 0.6 is 15.9 Å². The molecular formula is C16H13BrN2O2. The second-order valence-corrected chi connectivity index (χ2v) is 5.58. The number of halogens is 1. The Labute approximate surface area is 131 Å². The van der Waals surface area contributed by atoms with Crippen molar-refractivity contribution in [2.75, 3.05) is 0 Å². The molecule has 0 saturated heterocycles. The van der Waals surface area contributed by atoms with Crippen molar-refractivity contribution in [2.45, 2.75) is 13.2 Å². The van der Waals surface area contributed by atoms with E-state index in [2.05, 4.69) is 21.0 Å². The van der Waals surface area contributed by atoms with E-state index in [1.807, 2.05) is 54.6 Å². The highest BCUT2D eigenvalue weighted by atomic mass is 79.9. The highest BCUT2D eigenvalue weighted by Gasteiger charge is 2.32. The van der Waals surface area contributed by atoms with Gasteiger partial charge in [-0.15, -0.1) is 5.10 Å². The van der Waals surface area contributed by atoms with E-state index in [9.17, 15) is 4.79 Å². The van der Waals surface area contributed by atoms with Gasteiger partial charge in [-0.2, -0.15) is 5.01 Å². The van der Waals surface area contributed by atoms with E-state index in [1.54, 1.807) is 0 Å².